The minimum atomic E-state index is -1.33. The van der Waals surface area contributed by atoms with E-state index in [-0.39, 0.29) is 97.4 Å². The number of hydrogen-bond acceptors (Lipinski definition) is 30. The molecule has 14 atom stereocenters. The van der Waals surface area contributed by atoms with Crippen molar-refractivity contribution in [2.45, 2.75) is 172 Å². The maximum Gasteiger partial charge on any atom is 0.331 e. The van der Waals surface area contributed by atoms with E-state index in [1.165, 1.54) is 37.4 Å². The molecule has 2 spiro atoms. The number of aliphatic hydroxyl groups is 1. The number of aryl methyl sites for hydroxylation is 2. The van der Waals surface area contributed by atoms with Crippen LogP contribution in [0.15, 0.2) is 61.7 Å². The number of phenolic OH excluding ortho intramolecular Hbond substituents is 2. The minimum Gasteiger partial charge on any atom is -0.504 e. The number of carbonyl (C=O) groups excluding carboxylic acids is 4. The van der Waals surface area contributed by atoms with Gasteiger partial charge in [0, 0.05) is 101 Å². The number of phenols is 2. The zero-order chi connectivity index (χ0) is 80.9. The van der Waals surface area contributed by atoms with Crippen LogP contribution in [0.4, 0.5) is 0 Å². The molecule has 8 bridgehead atoms. The first kappa shape index (κ1) is 84.6. The van der Waals surface area contributed by atoms with E-state index in [1.54, 1.807) is 40.6 Å². The van der Waals surface area contributed by atoms with Crippen molar-refractivity contribution in [3.05, 3.63) is 151 Å². The Morgan fingerprint density at radius 3 is 1.40 bits per heavy atom. The number of rotatable bonds is 12. The molecule has 14 heterocycles. The second-order valence-corrected chi connectivity index (χ2v) is 33.4. The summed E-state index contributed by atoms with van der Waals surface area (Å²) in [4.78, 5) is 64.3. The van der Waals surface area contributed by atoms with Crippen molar-refractivity contribution in [3.8, 4) is 86.6 Å². The summed E-state index contributed by atoms with van der Waals surface area (Å²) in [5.41, 5.74) is 9.37. The summed E-state index contributed by atoms with van der Waals surface area (Å²) in [5.74, 6) is 3.78. The molecule has 20 rings (SSSR count). The van der Waals surface area contributed by atoms with Crippen LogP contribution in [0, 0.1) is 39.0 Å². The third-order valence-electron chi connectivity index (χ3n) is 25.4. The molecule has 5 N–H and O–H groups in total. The Bertz CT molecular complexity index is 5150. The zero-order valence-electron chi connectivity index (χ0n) is 66.1. The van der Waals surface area contributed by atoms with E-state index in [4.69, 9.17) is 66.3 Å². The summed E-state index contributed by atoms with van der Waals surface area (Å²) in [6, 6.07) is 9.39. The molecule has 4 fully saturated rings. The summed E-state index contributed by atoms with van der Waals surface area (Å²) >= 11 is 3.01. The molecule has 0 aromatic heterocycles. The molecule has 28 nitrogen and oxygen atoms in total. The van der Waals surface area contributed by atoms with Gasteiger partial charge in [0.25, 0.3) is 0 Å². The average molecular weight is 1660 g/mol. The highest BCUT2D eigenvalue weighted by molar-refractivity contribution is 7.99. The standard InChI is InChI=1S/C43H46N4O10S.C42H47N3O11S.3CH4/c1-8-11-53-30-14-23-9-10-45-43(25(23)15-29(30)51-6)18-58-41-33-32(40-39(55-19-56-40)21(3)38(33)57-22(4)48)28(17-54-42(43)50)47-27(16-44)26-13-24-12-20(2)37(52-7)36(49)31(24)34(35(41)47)46(26)5;1-8-11-52-28-14-22-9-10-43-42(24(22)15-27(28)50-6)17-57-39-31-30(38-37(54-18-55-38)20(3)36(31)56-21(4)46)26(16-53-41(42)49)45-33(39)32-29-23(13-25(40(45)48)44(32)5)12-19(2)35(51-7)34(29)47;;;/h8,12,14-15,26-28,34-35,41,45,49H,1,9-11,13,17-19H2,2-7H3;8,12,14-15,25-26,32-33,39-40,43,47-48H,1,9-11,13,16-18H2,2-7H3;3*1H4/t26-,27-,28-,34+,35?,41+,43+;25-,26-,32+,33?,39+,40-,42+;;;/m00.../s1. The van der Waals surface area contributed by atoms with Crippen molar-refractivity contribution in [2.75, 3.05) is 107 Å². The number of ether oxygens (including phenoxy) is 14. The Hall–Kier alpha value is -9.81. The number of fused-ring (bicyclic) bond motifs is 18. The van der Waals surface area contributed by atoms with Crippen LogP contribution in [0.5, 0.6) is 80.5 Å². The van der Waals surface area contributed by atoms with E-state index in [9.17, 15) is 39.8 Å². The third kappa shape index (κ3) is 12.7. The quantitative estimate of drug-likeness (QED) is 0.0432. The van der Waals surface area contributed by atoms with Gasteiger partial charge < -0.3 is 81.6 Å². The van der Waals surface area contributed by atoms with Crippen molar-refractivity contribution in [1.29, 1.82) is 5.26 Å². The van der Waals surface area contributed by atoms with Gasteiger partial charge in [0.15, 0.2) is 80.1 Å². The van der Waals surface area contributed by atoms with Crippen LogP contribution >= 0.6 is 23.5 Å². The lowest BCUT2D eigenvalue weighted by atomic mass is 9.71. The predicted molar refractivity (Wildman–Crippen MR) is 441 cm³/mol. The first-order valence-electron chi connectivity index (χ1n) is 38.6. The smallest absolute Gasteiger partial charge is 0.331 e. The monoisotopic (exact) mass is 1660 g/mol. The highest BCUT2D eigenvalue weighted by Gasteiger charge is 2.65. The Morgan fingerprint density at radius 1 is 0.568 bits per heavy atom. The lowest BCUT2D eigenvalue weighted by Gasteiger charge is -2.62. The van der Waals surface area contributed by atoms with Gasteiger partial charge in [-0.1, -0.05) is 59.7 Å². The van der Waals surface area contributed by atoms with E-state index in [2.05, 4.69) is 50.6 Å². The number of nitriles is 1. The molecular formula is C88H105N7O21S2. The van der Waals surface area contributed by atoms with Crippen LogP contribution in [-0.2, 0) is 65.4 Å². The Kier molecular flexibility index (Phi) is 23.2. The van der Waals surface area contributed by atoms with Crippen molar-refractivity contribution in [1.82, 2.24) is 30.2 Å². The molecule has 118 heavy (non-hydrogen) atoms. The molecule has 0 saturated carbocycles. The van der Waals surface area contributed by atoms with Crippen LogP contribution in [0.1, 0.15) is 160 Å². The Balaban J connectivity index is 0.000000189. The summed E-state index contributed by atoms with van der Waals surface area (Å²) in [5, 5.41) is 54.0. The van der Waals surface area contributed by atoms with Gasteiger partial charge in [0.05, 0.1) is 75.2 Å². The van der Waals surface area contributed by atoms with E-state index >= 15 is 0 Å². The van der Waals surface area contributed by atoms with Gasteiger partial charge in [0.1, 0.15) is 50.2 Å². The fourth-order valence-electron chi connectivity index (χ4n) is 20.7. The summed E-state index contributed by atoms with van der Waals surface area (Å²) in [6.45, 7) is 18.9. The fourth-order valence-corrected chi connectivity index (χ4v) is 24.1. The Morgan fingerprint density at radius 2 is 0.983 bits per heavy atom. The van der Waals surface area contributed by atoms with E-state index in [0.717, 1.165) is 33.4 Å². The van der Waals surface area contributed by atoms with Crippen LogP contribution in [-0.4, -0.2) is 202 Å². The summed E-state index contributed by atoms with van der Waals surface area (Å²) in [7, 11) is 10.2. The molecule has 0 radical (unpaired) electrons. The molecule has 6 aromatic rings. The number of hydrogen-bond donors (Lipinski definition) is 5. The van der Waals surface area contributed by atoms with Crippen LogP contribution in [0.3, 0.4) is 0 Å². The van der Waals surface area contributed by atoms with Crippen molar-refractivity contribution in [3.63, 3.8) is 0 Å². The lowest BCUT2D eigenvalue weighted by molar-refractivity contribution is -0.186. The molecule has 0 aliphatic carbocycles. The molecule has 14 aliphatic heterocycles. The number of methoxy groups -OCH3 is 4. The first-order chi connectivity index (χ1) is 55.4. The molecule has 4 saturated heterocycles. The first-order valence-corrected chi connectivity index (χ1v) is 40.7. The Labute approximate surface area is 696 Å². The maximum atomic E-state index is 14.9. The van der Waals surface area contributed by atoms with Gasteiger partial charge in [0.2, 0.25) is 13.6 Å². The largest absolute Gasteiger partial charge is 0.504 e. The second kappa shape index (κ2) is 32.4. The third-order valence-corrected chi connectivity index (χ3v) is 28.3. The SMILES string of the molecule is C.C.C.C=CCOc1cc2c(cc1OC)[C@@]1(CS[C@@H]3c4c(OC(C)=O)c(C)c5c(c4[C@H](COC1=O)N1C3[C@H]3c4c(cc(C)c(OC)c4O)C[C@@H]([C@@H]1C#N)N3C)OCO5)NCC2.C=CCOc1cc2c(cc1OC)[C@@]1(CS[C@@H]3c4c(OC(C)=O)c(C)c5c(c4[C@H](COC1=O)N1C3[C@H]3c4c(cc(C)c(OC)c4O)C[C@@H]([C@@H]1O)N3C)OCO5)NCC2. The van der Waals surface area contributed by atoms with Gasteiger partial charge in [-0.05, 0) is 136 Å². The molecule has 14 aliphatic rings. The second-order valence-electron chi connectivity index (χ2n) is 31.2. The van der Waals surface area contributed by atoms with Crippen molar-refractivity contribution < 1.29 is 101 Å². The molecule has 630 valence electrons. The van der Waals surface area contributed by atoms with E-state index in [0.29, 0.717) is 163 Å². The number of aliphatic hydroxyl groups excluding tert-OH is 1. The van der Waals surface area contributed by atoms with Crippen molar-refractivity contribution in [2.24, 2.45) is 0 Å². The molecule has 30 heteroatoms. The normalized spacial score (nSPS) is 27.4. The van der Waals surface area contributed by atoms with E-state index < -0.39 is 94.0 Å². The summed E-state index contributed by atoms with van der Waals surface area (Å²) < 4.78 is 84.9. The lowest BCUT2D eigenvalue weighted by Crippen LogP contribution is -2.70. The average Bonchev–Trinajstić information content (AvgIpc) is 0.910. The molecular weight excluding hydrogens is 1560 g/mol. The molecule has 2 unspecified atom stereocenters. The van der Waals surface area contributed by atoms with Crippen molar-refractivity contribution >= 4 is 47.4 Å². The number of piperazine rings is 2. The number of likely N-dealkylation sites (N-methyl/N-ethyl adjacent to an activating group) is 2. The summed E-state index contributed by atoms with van der Waals surface area (Å²) in [6.07, 6.45) is 4.50. The molecule has 0 amide bonds. The number of benzene rings is 6. The topological polar surface area (TPSA) is 319 Å². The van der Waals surface area contributed by atoms with Gasteiger partial charge in [-0.25, -0.2) is 9.59 Å². The number of carbonyl (C=O) groups is 4. The molecule has 6 aromatic carbocycles. The van der Waals surface area contributed by atoms with E-state index in [1.807, 2.05) is 77.0 Å². The number of aromatic hydroxyl groups is 2. The fraction of sp³-hybridized carbons (Fsp3) is 0.489. The number of thioether (sulfide) groups is 2. The van der Waals surface area contributed by atoms with Gasteiger partial charge in [-0.2, -0.15) is 5.26 Å². The van der Waals surface area contributed by atoms with Gasteiger partial charge in [-0.3, -0.25) is 39.8 Å². The van der Waals surface area contributed by atoms with Gasteiger partial charge >= 0.3 is 23.9 Å². The number of esters is 4. The van der Waals surface area contributed by atoms with Crippen LogP contribution < -0.4 is 67.5 Å². The van der Waals surface area contributed by atoms with Crippen LogP contribution in [0.2, 0.25) is 0 Å². The highest BCUT2D eigenvalue weighted by Crippen LogP contribution is 2.68. The predicted octanol–water partition coefficient (Wildman–Crippen LogP) is 11.0. The minimum absolute atomic E-state index is 0. The number of nitrogens with zero attached hydrogens (tertiary/aromatic N) is 5. The number of nitrogens with one attached hydrogen (secondary N) is 2. The maximum absolute atomic E-state index is 14.9. The highest BCUT2D eigenvalue weighted by atomic mass is 32.2. The van der Waals surface area contributed by atoms with Crippen LogP contribution in [0.25, 0.3) is 0 Å². The zero-order valence-corrected chi connectivity index (χ0v) is 67.7. The van der Waals surface area contributed by atoms with Gasteiger partial charge in [-0.15, -0.1) is 23.5 Å².